The monoisotopic (exact) mass is 252 g/mol. The van der Waals surface area contributed by atoms with Gasteiger partial charge in [0.15, 0.2) is 0 Å². The highest BCUT2D eigenvalue weighted by atomic mass is 35.6. The summed E-state index contributed by atoms with van der Waals surface area (Å²) >= 11 is 11.0. The van der Waals surface area contributed by atoms with Gasteiger partial charge < -0.3 is 12.3 Å². The predicted molar refractivity (Wildman–Crippen MR) is 53.6 cm³/mol. The van der Waals surface area contributed by atoms with Gasteiger partial charge in [0.25, 0.3) is 28.4 Å². The molecule has 0 amide bonds. The quantitative estimate of drug-likeness (QED) is 0.323. The number of hydrogen-bond acceptors (Lipinski definition) is 3. The first-order valence-corrected chi connectivity index (χ1v) is 11.1. The zero-order valence-corrected chi connectivity index (χ0v) is 12.6. The van der Waals surface area contributed by atoms with Gasteiger partial charge in [-0.05, 0) is 6.55 Å². The molecule has 0 saturated carbocycles. The van der Waals surface area contributed by atoms with Crippen molar-refractivity contribution in [3.63, 3.8) is 0 Å². The third-order valence-corrected chi connectivity index (χ3v) is 8.15. The van der Waals surface area contributed by atoms with Crippen LogP contribution < -0.4 is 0 Å². The van der Waals surface area contributed by atoms with Gasteiger partial charge in [0.1, 0.15) is 0 Å². The highest BCUT2D eigenvalue weighted by Crippen LogP contribution is 1.88. The van der Waals surface area contributed by atoms with Crippen molar-refractivity contribution in [3.05, 3.63) is 0 Å². The van der Waals surface area contributed by atoms with E-state index in [4.69, 9.17) is 34.5 Å². The summed E-state index contributed by atoms with van der Waals surface area (Å²) in [5, 5.41) is 0. The van der Waals surface area contributed by atoms with E-state index in [2.05, 4.69) is 0 Å². The zero-order valence-electron chi connectivity index (χ0n) is 5.68. The topological polar surface area (TPSA) is 27.7 Å². The van der Waals surface area contributed by atoms with Gasteiger partial charge in [0.2, 0.25) is 9.07 Å². The van der Waals surface area contributed by atoms with Gasteiger partial charge in [-0.2, -0.15) is 0 Å². The molecular weight excluding hydrogens is 243 g/mol. The first-order valence-electron chi connectivity index (χ1n) is 2.74. The predicted octanol–water partition coefficient (Wildman–Crippen LogP) is -1.64. The van der Waals surface area contributed by atoms with Crippen LogP contribution in [-0.2, 0) is 12.3 Å². The Morgan fingerprint density at radius 3 is 2.50 bits per heavy atom. The summed E-state index contributed by atoms with van der Waals surface area (Å²) in [5.41, 5.74) is 0. The van der Waals surface area contributed by atoms with Crippen molar-refractivity contribution in [2.24, 2.45) is 0 Å². The van der Waals surface area contributed by atoms with Crippen LogP contribution in [0.15, 0.2) is 0 Å². The minimum Gasteiger partial charge on any atom is -0.433 e. The molecule has 0 radical (unpaired) electrons. The van der Waals surface area contributed by atoms with Gasteiger partial charge in [-0.25, -0.2) is 0 Å². The molecule has 0 spiro atoms. The van der Waals surface area contributed by atoms with Gasteiger partial charge in [0, 0.05) is 0 Å². The molecule has 0 aliphatic rings. The van der Waals surface area contributed by atoms with Crippen LogP contribution in [0.25, 0.3) is 0 Å². The maximum Gasteiger partial charge on any atom is 0.285 e. The molecule has 9 heteroatoms. The van der Waals surface area contributed by atoms with Gasteiger partial charge in [-0.15, -0.1) is 22.2 Å². The third-order valence-electron chi connectivity index (χ3n) is 0.625. The summed E-state index contributed by atoms with van der Waals surface area (Å²) in [6.07, 6.45) is 0. The Hall–Kier alpha value is 1.33. The number of rotatable bonds is 6. The Morgan fingerprint density at radius 2 is 2.00 bits per heavy atom. The SMILES string of the molecule is C[SiH](Cl)O[SiH2]O[SiH2]O[SiH2]Cl. The maximum absolute atomic E-state index is 5.62. The molecule has 10 heavy (non-hydrogen) atoms. The highest BCUT2D eigenvalue weighted by molar-refractivity contribution is 7.03. The van der Waals surface area contributed by atoms with Gasteiger partial charge >= 0.3 is 0 Å². The molecule has 0 aromatic heterocycles. The van der Waals surface area contributed by atoms with Crippen molar-refractivity contribution in [1.29, 1.82) is 0 Å². The molecule has 1 atom stereocenters. The van der Waals surface area contributed by atoms with E-state index in [1.165, 1.54) is 0 Å². The summed E-state index contributed by atoms with van der Waals surface area (Å²) < 4.78 is 15.2. The Labute approximate surface area is 78.5 Å². The minimum atomic E-state index is -1.37. The van der Waals surface area contributed by atoms with Crippen molar-refractivity contribution >= 4 is 59.6 Å². The fourth-order valence-corrected chi connectivity index (χ4v) is 5.35. The summed E-state index contributed by atoms with van der Waals surface area (Å²) in [5.74, 6) is 0. The van der Waals surface area contributed by atoms with E-state index >= 15 is 0 Å². The zero-order chi connectivity index (χ0) is 7.82. The Bertz CT molecular complexity index is 73.5. The van der Waals surface area contributed by atoms with E-state index in [1.54, 1.807) is 0 Å². The molecule has 0 aliphatic heterocycles. The molecule has 0 aromatic carbocycles. The molecule has 0 bridgehead atoms. The lowest BCUT2D eigenvalue weighted by Crippen LogP contribution is -2.16. The van der Waals surface area contributed by atoms with E-state index in [0.717, 1.165) is 0 Å². The van der Waals surface area contributed by atoms with Crippen molar-refractivity contribution in [2.75, 3.05) is 0 Å². The Kier molecular flexibility index (Phi) is 9.54. The molecule has 0 aliphatic carbocycles. The second-order valence-corrected chi connectivity index (χ2v) is 10.3. The maximum atomic E-state index is 5.62. The molecule has 0 rings (SSSR count). The first kappa shape index (κ1) is 11.3. The molecule has 0 fully saturated rings. The Morgan fingerprint density at radius 1 is 1.30 bits per heavy atom. The normalized spacial score (nSPS) is 17.1. The van der Waals surface area contributed by atoms with Crippen molar-refractivity contribution in [1.82, 2.24) is 0 Å². The molecule has 62 valence electrons. The first-order chi connectivity index (χ1) is 4.77. The molecule has 0 N–H and O–H groups in total. The lowest BCUT2D eigenvalue weighted by atomic mass is 11.9. The summed E-state index contributed by atoms with van der Waals surface area (Å²) in [6, 6.07) is 0. The Balaban J connectivity index is 2.77. The van der Waals surface area contributed by atoms with Gasteiger partial charge in [-0.1, -0.05) is 0 Å². The second-order valence-electron chi connectivity index (χ2n) is 1.46. The summed E-state index contributed by atoms with van der Waals surface area (Å²) in [6.45, 7) is 1.90. The number of halogens is 2. The van der Waals surface area contributed by atoms with Crippen LogP contribution in [0.1, 0.15) is 0 Å². The molecule has 1 unspecified atom stereocenters. The number of hydrogen-bond donors (Lipinski definition) is 0. The van der Waals surface area contributed by atoms with E-state index in [1.807, 2.05) is 6.55 Å². The van der Waals surface area contributed by atoms with Crippen LogP contribution in [0.4, 0.5) is 0 Å². The average molecular weight is 253 g/mol. The molecule has 0 aromatic rings. The van der Waals surface area contributed by atoms with Crippen LogP contribution in [0.5, 0.6) is 0 Å². The van der Waals surface area contributed by atoms with Crippen LogP contribution >= 0.6 is 22.2 Å². The molecule has 0 saturated heterocycles. The highest BCUT2D eigenvalue weighted by Gasteiger charge is 1.97. The van der Waals surface area contributed by atoms with Crippen molar-refractivity contribution in [3.8, 4) is 0 Å². The third kappa shape index (κ3) is 9.33. The fraction of sp³-hybridized carbons (Fsp3) is 1.00. The van der Waals surface area contributed by atoms with Crippen LogP contribution in [-0.4, -0.2) is 37.4 Å². The van der Waals surface area contributed by atoms with Crippen LogP contribution in [0.2, 0.25) is 6.55 Å². The van der Waals surface area contributed by atoms with E-state index in [9.17, 15) is 0 Å². The van der Waals surface area contributed by atoms with E-state index in [-0.39, 0.29) is 0 Å². The minimum absolute atomic E-state index is 0.779. The van der Waals surface area contributed by atoms with E-state index < -0.39 is 37.4 Å². The second kappa shape index (κ2) is 8.42. The van der Waals surface area contributed by atoms with E-state index in [0.29, 0.717) is 0 Å². The van der Waals surface area contributed by atoms with Crippen molar-refractivity contribution in [2.45, 2.75) is 6.55 Å². The standard InChI is InChI=1S/CH10Cl2O3Si4/c1-10(3)6-9-5-8-4-7-2/h10H,7-9H2,1H3. The van der Waals surface area contributed by atoms with Gasteiger partial charge in [0.05, 0.1) is 0 Å². The van der Waals surface area contributed by atoms with Crippen LogP contribution in [0, 0.1) is 0 Å². The van der Waals surface area contributed by atoms with Gasteiger partial charge in [-0.3, -0.25) is 0 Å². The molecule has 3 nitrogen and oxygen atoms in total. The molecule has 0 heterocycles. The smallest absolute Gasteiger partial charge is 0.285 e. The summed E-state index contributed by atoms with van der Waals surface area (Å²) in [7, 11) is -3.78. The largest absolute Gasteiger partial charge is 0.433 e. The fourth-order valence-electron chi connectivity index (χ4n) is 0.266. The lowest BCUT2D eigenvalue weighted by Gasteiger charge is -2.04. The van der Waals surface area contributed by atoms with Crippen molar-refractivity contribution < 1.29 is 12.3 Å². The summed E-state index contributed by atoms with van der Waals surface area (Å²) in [4.78, 5) is 0. The molecular formula is CH10Cl2O3Si4. The lowest BCUT2D eigenvalue weighted by molar-refractivity contribution is 0.436. The average Bonchev–Trinajstić information content (AvgIpc) is 1.87. The van der Waals surface area contributed by atoms with Crippen LogP contribution in [0.3, 0.4) is 0 Å².